The average Bonchev–Trinajstić information content (AvgIpc) is 2.15. The Morgan fingerprint density at radius 3 is 2.59 bits per heavy atom. The van der Waals surface area contributed by atoms with Gasteiger partial charge in [0.15, 0.2) is 9.84 Å². The number of hydrogen-bond donors (Lipinski definition) is 2. The van der Waals surface area contributed by atoms with Gasteiger partial charge in [-0.1, -0.05) is 6.42 Å². The van der Waals surface area contributed by atoms with E-state index in [2.05, 4.69) is 5.32 Å². The molecule has 5 nitrogen and oxygen atoms in total. The van der Waals surface area contributed by atoms with Crippen LogP contribution < -0.4 is 11.1 Å². The molecule has 0 aromatic heterocycles. The van der Waals surface area contributed by atoms with Gasteiger partial charge in [-0.3, -0.25) is 4.79 Å². The Hall–Kier alpha value is -0.620. The van der Waals surface area contributed by atoms with E-state index in [1.165, 1.54) is 0 Å². The highest BCUT2D eigenvalue weighted by Crippen LogP contribution is 2.20. The topological polar surface area (TPSA) is 89.3 Å². The van der Waals surface area contributed by atoms with E-state index < -0.39 is 20.6 Å². The Morgan fingerprint density at radius 2 is 2.06 bits per heavy atom. The van der Waals surface area contributed by atoms with Gasteiger partial charge in [0.25, 0.3) is 0 Å². The van der Waals surface area contributed by atoms with Gasteiger partial charge in [-0.15, -0.1) is 0 Å². The van der Waals surface area contributed by atoms with Gasteiger partial charge in [0.05, 0.1) is 5.75 Å². The minimum atomic E-state index is -3.25. The lowest BCUT2D eigenvalue weighted by Crippen LogP contribution is -2.51. The highest BCUT2D eigenvalue weighted by atomic mass is 32.2. The third-order valence-electron chi connectivity index (χ3n) is 3.10. The molecule has 0 spiro atoms. The second kappa shape index (κ2) is 5.35. The molecule has 3 N–H and O–H groups in total. The van der Waals surface area contributed by atoms with Gasteiger partial charge in [-0.25, -0.2) is 8.42 Å². The van der Waals surface area contributed by atoms with E-state index in [0.717, 1.165) is 6.42 Å². The first-order valence-electron chi connectivity index (χ1n) is 6.02. The van der Waals surface area contributed by atoms with E-state index in [1.54, 1.807) is 0 Å². The van der Waals surface area contributed by atoms with Crippen LogP contribution in [0, 0.1) is 0 Å². The minimum Gasteiger partial charge on any atom is -0.350 e. The average molecular weight is 262 g/mol. The molecular formula is C11H22N2O3S. The van der Waals surface area contributed by atoms with Gasteiger partial charge in [0.1, 0.15) is 5.25 Å². The van der Waals surface area contributed by atoms with Gasteiger partial charge in [-0.05, 0) is 39.7 Å². The van der Waals surface area contributed by atoms with Crippen molar-refractivity contribution in [3.8, 4) is 0 Å². The van der Waals surface area contributed by atoms with Crippen LogP contribution in [0.1, 0.15) is 39.5 Å². The van der Waals surface area contributed by atoms with E-state index in [9.17, 15) is 13.2 Å². The molecule has 1 fully saturated rings. The van der Waals surface area contributed by atoms with Crippen LogP contribution in [0.4, 0.5) is 0 Å². The number of sulfone groups is 1. The number of carbonyl (C=O) groups excluding carboxylic acids is 1. The Labute approximate surface area is 103 Å². The molecule has 1 heterocycles. The van der Waals surface area contributed by atoms with E-state index in [-0.39, 0.29) is 11.7 Å². The van der Waals surface area contributed by atoms with E-state index in [4.69, 9.17) is 5.73 Å². The van der Waals surface area contributed by atoms with Crippen molar-refractivity contribution in [3.05, 3.63) is 0 Å². The largest absolute Gasteiger partial charge is 0.350 e. The van der Waals surface area contributed by atoms with Crippen molar-refractivity contribution in [2.45, 2.75) is 50.3 Å². The summed E-state index contributed by atoms with van der Waals surface area (Å²) in [5.74, 6) is -0.245. The van der Waals surface area contributed by atoms with Gasteiger partial charge >= 0.3 is 0 Å². The quantitative estimate of drug-likeness (QED) is 0.757. The third-order valence-corrected chi connectivity index (χ3v) is 5.28. The molecule has 0 aromatic rings. The molecule has 1 atom stereocenters. The van der Waals surface area contributed by atoms with Crippen LogP contribution in [0.15, 0.2) is 0 Å². The number of carbonyl (C=O) groups is 1. The molecule has 0 radical (unpaired) electrons. The Morgan fingerprint density at radius 1 is 1.41 bits per heavy atom. The van der Waals surface area contributed by atoms with Crippen LogP contribution in [-0.4, -0.2) is 37.4 Å². The number of hydrogen-bond acceptors (Lipinski definition) is 4. The van der Waals surface area contributed by atoms with Crippen LogP contribution in [0.3, 0.4) is 0 Å². The second-order valence-corrected chi connectivity index (χ2v) is 7.57. The van der Waals surface area contributed by atoms with Crippen molar-refractivity contribution in [1.29, 1.82) is 0 Å². The minimum absolute atomic E-state index is 0.127. The molecule has 17 heavy (non-hydrogen) atoms. The van der Waals surface area contributed by atoms with Gasteiger partial charge in [-0.2, -0.15) is 0 Å². The van der Waals surface area contributed by atoms with Crippen molar-refractivity contribution >= 4 is 15.7 Å². The van der Waals surface area contributed by atoms with Gasteiger partial charge in [0, 0.05) is 5.54 Å². The predicted octanol–water partition coefficient (Wildman–Crippen LogP) is 0.197. The maximum Gasteiger partial charge on any atom is 0.238 e. The van der Waals surface area contributed by atoms with Gasteiger partial charge < -0.3 is 11.1 Å². The zero-order valence-corrected chi connectivity index (χ0v) is 11.3. The van der Waals surface area contributed by atoms with Crippen molar-refractivity contribution in [1.82, 2.24) is 5.32 Å². The van der Waals surface area contributed by atoms with E-state index in [0.29, 0.717) is 25.8 Å². The molecule has 1 saturated heterocycles. The summed E-state index contributed by atoms with van der Waals surface area (Å²) in [5, 5.41) is 1.92. The lowest BCUT2D eigenvalue weighted by Gasteiger charge is -2.29. The number of nitrogens with two attached hydrogens (primary N) is 1. The molecule has 1 rings (SSSR count). The summed E-state index contributed by atoms with van der Waals surface area (Å²) in [6.07, 6.45) is 2.53. The first-order valence-corrected chi connectivity index (χ1v) is 7.74. The highest BCUT2D eigenvalue weighted by molar-refractivity contribution is 7.92. The Balaban J connectivity index is 2.70. The van der Waals surface area contributed by atoms with Crippen LogP contribution in [0.5, 0.6) is 0 Å². The van der Waals surface area contributed by atoms with Crippen molar-refractivity contribution < 1.29 is 13.2 Å². The summed E-state index contributed by atoms with van der Waals surface area (Å²) in [6, 6.07) is 0. The molecule has 100 valence electrons. The molecule has 0 bridgehead atoms. The molecule has 1 aliphatic heterocycles. The summed E-state index contributed by atoms with van der Waals surface area (Å²) in [7, 11) is -3.25. The van der Waals surface area contributed by atoms with E-state index in [1.807, 2.05) is 13.8 Å². The fraction of sp³-hybridized carbons (Fsp3) is 0.909. The summed E-state index contributed by atoms with van der Waals surface area (Å²) < 4.78 is 23.6. The SMILES string of the molecule is CC(C)(CCN)NC(=O)C1CCCCS1(=O)=O. The molecule has 0 aliphatic carbocycles. The zero-order chi connectivity index (χ0) is 13.1. The van der Waals surface area contributed by atoms with Crippen LogP contribution in [-0.2, 0) is 14.6 Å². The molecular weight excluding hydrogens is 240 g/mol. The van der Waals surface area contributed by atoms with Crippen LogP contribution >= 0.6 is 0 Å². The normalized spacial score (nSPS) is 24.3. The lowest BCUT2D eigenvalue weighted by molar-refractivity contribution is -0.122. The first kappa shape index (κ1) is 14.4. The van der Waals surface area contributed by atoms with Crippen LogP contribution in [0.25, 0.3) is 0 Å². The fourth-order valence-electron chi connectivity index (χ4n) is 2.09. The first-order chi connectivity index (χ1) is 7.78. The van der Waals surface area contributed by atoms with E-state index >= 15 is 0 Å². The van der Waals surface area contributed by atoms with Crippen molar-refractivity contribution in [2.24, 2.45) is 5.73 Å². The Bertz CT molecular complexity index is 376. The highest BCUT2D eigenvalue weighted by Gasteiger charge is 2.36. The summed E-state index contributed by atoms with van der Waals surface area (Å²) >= 11 is 0. The zero-order valence-electron chi connectivity index (χ0n) is 10.5. The summed E-state index contributed by atoms with van der Waals surface area (Å²) in [5.41, 5.74) is 5.01. The number of rotatable bonds is 4. The monoisotopic (exact) mass is 262 g/mol. The molecule has 1 amide bonds. The Kier molecular flexibility index (Phi) is 4.55. The molecule has 6 heteroatoms. The predicted molar refractivity (Wildman–Crippen MR) is 67.3 cm³/mol. The summed E-state index contributed by atoms with van der Waals surface area (Å²) in [4.78, 5) is 12.0. The van der Waals surface area contributed by atoms with Crippen LogP contribution in [0.2, 0.25) is 0 Å². The smallest absolute Gasteiger partial charge is 0.238 e. The molecule has 1 aliphatic rings. The second-order valence-electron chi connectivity index (χ2n) is 5.26. The molecule has 0 saturated carbocycles. The molecule has 0 aromatic carbocycles. The lowest BCUT2D eigenvalue weighted by atomic mass is 10.0. The fourth-order valence-corrected chi connectivity index (χ4v) is 3.89. The van der Waals surface area contributed by atoms with Crippen molar-refractivity contribution in [2.75, 3.05) is 12.3 Å². The third kappa shape index (κ3) is 3.96. The maximum atomic E-state index is 12.0. The standard InChI is InChI=1S/C11H22N2O3S/c1-11(2,6-7-12)13-10(14)9-5-3-4-8-17(9,15)16/h9H,3-8,12H2,1-2H3,(H,13,14). The number of nitrogens with one attached hydrogen (secondary N) is 1. The maximum absolute atomic E-state index is 12.0. The summed E-state index contributed by atoms with van der Waals surface area (Å²) in [6.45, 7) is 4.17. The molecule has 1 unspecified atom stereocenters. The van der Waals surface area contributed by atoms with Crippen molar-refractivity contribution in [3.63, 3.8) is 0 Å². The number of amides is 1. The van der Waals surface area contributed by atoms with Gasteiger partial charge in [0.2, 0.25) is 5.91 Å².